The number of amides is 1. The van der Waals surface area contributed by atoms with Crippen molar-refractivity contribution in [2.45, 2.75) is 19.8 Å². The van der Waals surface area contributed by atoms with Crippen LogP contribution in [0.4, 0.5) is 5.69 Å². The summed E-state index contributed by atoms with van der Waals surface area (Å²) in [5, 5.41) is 12.3. The molecule has 0 fully saturated rings. The number of halogens is 1. The molecule has 0 bridgehead atoms. The Morgan fingerprint density at radius 2 is 1.95 bits per heavy atom. The molecule has 0 saturated heterocycles. The maximum atomic E-state index is 12.3. The van der Waals surface area contributed by atoms with E-state index in [1.165, 1.54) is 0 Å². The van der Waals surface area contributed by atoms with E-state index >= 15 is 0 Å². The van der Waals surface area contributed by atoms with Crippen LogP contribution in [0.3, 0.4) is 0 Å². The second kappa shape index (κ2) is 6.05. The molecule has 0 unspecified atom stereocenters. The Hall–Kier alpha value is -1.88. The number of aliphatic carboxylic acids is 1. The first-order valence-corrected chi connectivity index (χ1v) is 6.68. The summed E-state index contributed by atoms with van der Waals surface area (Å²) in [7, 11) is 0. The minimum absolute atomic E-state index is 0.297. The molecule has 1 aromatic heterocycles. The summed E-state index contributed by atoms with van der Waals surface area (Å²) in [4.78, 5) is 27.5. The van der Waals surface area contributed by atoms with Gasteiger partial charge in [-0.3, -0.25) is 9.59 Å². The molecule has 2 N–H and O–H groups in total. The van der Waals surface area contributed by atoms with Crippen LogP contribution in [0.5, 0.6) is 0 Å². The molecule has 6 heteroatoms. The minimum atomic E-state index is -0.944. The standard InChI is InChI=1S/C14H15ClN2O3/c1-8-11(6-7-12(15)16-8)17-13(18)9-4-2-3-5-10(9)14(19)20/h2-3,6-7,9-10H,4-5H2,1H3,(H,17,18)(H,19,20)/t9-,10+/m1/s1. The van der Waals surface area contributed by atoms with E-state index in [1.807, 2.05) is 6.08 Å². The molecule has 1 heterocycles. The topological polar surface area (TPSA) is 79.3 Å². The van der Waals surface area contributed by atoms with E-state index < -0.39 is 17.8 Å². The van der Waals surface area contributed by atoms with E-state index in [4.69, 9.17) is 11.6 Å². The predicted octanol–water partition coefficient (Wildman–Crippen LogP) is 2.65. The van der Waals surface area contributed by atoms with Crippen molar-refractivity contribution in [1.82, 2.24) is 4.98 Å². The Balaban J connectivity index is 2.14. The number of rotatable bonds is 3. The lowest BCUT2D eigenvalue weighted by Gasteiger charge is -2.24. The number of carbonyl (C=O) groups excluding carboxylic acids is 1. The molecule has 1 aliphatic rings. The fourth-order valence-corrected chi connectivity index (χ4v) is 2.45. The van der Waals surface area contributed by atoms with Crippen LogP contribution in [-0.2, 0) is 9.59 Å². The normalized spacial score (nSPS) is 21.5. The van der Waals surface area contributed by atoms with Crippen molar-refractivity contribution in [3.63, 3.8) is 0 Å². The Morgan fingerprint density at radius 1 is 1.30 bits per heavy atom. The number of pyridine rings is 1. The second-order valence-electron chi connectivity index (χ2n) is 4.75. The Labute approximate surface area is 121 Å². The fourth-order valence-electron chi connectivity index (χ4n) is 2.26. The Bertz CT molecular complexity index is 572. The molecule has 0 aromatic carbocycles. The molecule has 0 aliphatic heterocycles. The van der Waals surface area contributed by atoms with Crippen molar-refractivity contribution in [2.24, 2.45) is 11.8 Å². The number of aromatic nitrogens is 1. The van der Waals surface area contributed by atoms with Crippen LogP contribution in [0, 0.1) is 18.8 Å². The van der Waals surface area contributed by atoms with Crippen LogP contribution < -0.4 is 5.32 Å². The lowest BCUT2D eigenvalue weighted by molar-refractivity contribution is -0.146. The number of hydrogen-bond donors (Lipinski definition) is 2. The highest BCUT2D eigenvalue weighted by molar-refractivity contribution is 6.29. The SMILES string of the molecule is Cc1nc(Cl)ccc1NC(=O)[C@@H]1CC=CC[C@@H]1C(=O)O. The molecule has 2 rings (SSSR count). The molecule has 1 amide bonds. The van der Waals surface area contributed by atoms with E-state index in [1.54, 1.807) is 25.1 Å². The number of aryl methyl sites for hydroxylation is 1. The van der Waals surface area contributed by atoms with Crippen molar-refractivity contribution < 1.29 is 14.7 Å². The van der Waals surface area contributed by atoms with Crippen molar-refractivity contribution in [3.8, 4) is 0 Å². The van der Waals surface area contributed by atoms with Crippen LogP contribution in [-0.4, -0.2) is 22.0 Å². The largest absolute Gasteiger partial charge is 0.481 e. The van der Waals surface area contributed by atoms with Gasteiger partial charge in [-0.05, 0) is 31.9 Å². The van der Waals surface area contributed by atoms with Gasteiger partial charge in [0.1, 0.15) is 5.15 Å². The molecule has 106 valence electrons. The third kappa shape index (κ3) is 3.17. The van der Waals surface area contributed by atoms with Crippen molar-refractivity contribution >= 4 is 29.2 Å². The Morgan fingerprint density at radius 3 is 2.55 bits per heavy atom. The van der Waals surface area contributed by atoms with Gasteiger partial charge >= 0.3 is 5.97 Å². The fraction of sp³-hybridized carbons (Fsp3) is 0.357. The summed E-state index contributed by atoms with van der Waals surface area (Å²) in [5.41, 5.74) is 1.15. The summed E-state index contributed by atoms with van der Waals surface area (Å²) >= 11 is 5.76. The first-order chi connectivity index (χ1) is 9.49. The van der Waals surface area contributed by atoms with Gasteiger partial charge < -0.3 is 10.4 Å². The van der Waals surface area contributed by atoms with Crippen molar-refractivity contribution in [3.05, 3.63) is 35.1 Å². The van der Waals surface area contributed by atoms with Gasteiger partial charge in [0.05, 0.1) is 23.2 Å². The molecule has 1 aromatic rings. The summed E-state index contributed by atoms with van der Waals surface area (Å²) in [6.45, 7) is 1.73. The highest BCUT2D eigenvalue weighted by atomic mass is 35.5. The number of carboxylic acid groups (broad SMARTS) is 1. The van der Waals surface area contributed by atoms with Gasteiger partial charge in [-0.25, -0.2) is 4.98 Å². The average molecular weight is 295 g/mol. The summed E-state index contributed by atoms with van der Waals surface area (Å²) in [6, 6.07) is 3.25. The van der Waals surface area contributed by atoms with Crippen LogP contribution in [0.15, 0.2) is 24.3 Å². The van der Waals surface area contributed by atoms with Crippen LogP contribution in [0.1, 0.15) is 18.5 Å². The number of carboxylic acids is 1. The smallest absolute Gasteiger partial charge is 0.307 e. The van der Waals surface area contributed by atoms with Crippen LogP contribution in [0.2, 0.25) is 5.15 Å². The summed E-state index contributed by atoms with van der Waals surface area (Å²) in [6.07, 6.45) is 4.46. The number of nitrogens with zero attached hydrogens (tertiary/aromatic N) is 1. The molecule has 2 atom stereocenters. The Kier molecular flexibility index (Phi) is 4.39. The first-order valence-electron chi connectivity index (χ1n) is 6.31. The zero-order chi connectivity index (χ0) is 14.7. The molecular weight excluding hydrogens is 280 g/mol. The monoisotopic (exact) mass is 294 g/mol. The molecule has 0 spiro atoms. The summed E-state index contributed by atoms with van der Waals surface area (Å²) < 4.78 is 0. The van der Waals surface area contributed by atoms with E-state index in [2.05, 4.69) is 10.3 Å². The lowest BCUT2D eigenvalue weighted by atomic mass is 9.82. The third-order valence-electron chi connectivity index (χ3n) is 3.40. The minimum Gasteiger partial charge on any atom is -0.481 e. The van der Waals surface area contributed by atoms with Gasteiger partial charge in [0.15, 0.2) is 0 Å². The van der Waals surface area contributed by atoms with Crippen LogP contribution in [0.25, 0.3) is 0 Å². The molecular formula is C14H15ClN2O3. The maximum absolute atomic E-state index is 12.3. The first kappa shape index (κ1) is 14.5. The number of allylic oxidation sites excluding steroid dienone is 2. The summed E-state index contributed by atoms with van der Waals surface area (Å²) in [5.74, 6) is -2.48. The zero-order valence-electron chi connectivity index (χ0n) is 11.0. The highest BCUT2D eigenvalue weighted by Gasteiger charge is 2.34. The number of nitrogens with one attached hydrogen (secondary N) is 1. The molecule has 0 saturated carbocycles. The van der Waals surface area contributed by atoms with E-state index in [9.17, 15) is 14.7 Å². The number of anilines is 1. The van der Waals surface area contributed by atoms with Crippen molar-refractivity contribution in [1.29, 1.82) is 0 Å². The van der Waals surface area contributed by atoms with Crippen molar-refractivity contribution in [2.75, 3.05) is 5.32 Å². The zero-order valence-corrected chi connectivity index (χ0v) is 11.7. The molecule has 0 radical (unpaired) electrons. The van der Waals surface area contributed by atoms with Crippen LogP contribution >= 0.6 is 11.6 Å². The van der Waals surface area contributed by atoms with Gasteiger partial charge in [0.25, 0.3) is 0 Å². The molecule has 20 heavy (non-hydrogen) atoms. The van der Waals surface area contributed by atoms with E-state index in [0.717, 1.165) is 0 Å². The number of carbonyl (C=O) groups is 2. The lowest BCUT2D eigenvalue weighted by Crippen LogP contribution is -2.34. The van der Waals surface area contributed by atoms with E-state index in [-0.39, 0.29) is 5.91 Å². The average Bonchev–Trinajstić information content (AvgIpc) is 2.41. The molecule has 5 nitrogen and oxygen atoms in total. The predicted molar refractivity (Wildman–Crippen MR) is 75.6 cm³/mol. The van der Waals surface area contributed by atoms with Gasteiger partial charge in [-0.15, -0.1) is 0 Å². The van der Waals surface area contributed by atoms with E-state index in [0.29, 0.717) is 29.4 Å². The third-order valence-corrected chi connectivity index (χ3v) is 3.61. The maximum Gasteiger partial charge on any atom is 0.307 e. The quantitative estimate of drug-likeness (QED) is 0.663. The van der Waals surface area contributed by atoms with Gasteiger partial charge in [0.2, 0.25) is 5.91 Å². The molecule has 1 aliphatic carbocycles. The van der Waals surface area contributed by atoms with Gasteiger partial charge in [-0.1, -0.05) is 23.8 Å². The number of hydrogen-bond acceptors (Lipinski definition) is 3. The highest BCUT2D eigenvalue weighted by Crippen LogP contribution is 2.27. The van der Waals surface area contributed by atoms with Gasteiger partial charge in [0, 0.05) is 0 Å². The second-order valence-corrected chi connectivity index (χ2v) is 5.14. The van der Waals surface area contributed by atoms with Gasteiger partial charge in [-0.2, -0.15) is 0 Å².